The van der Waals surface area contributed by atoms with Crippen molar-refractivity contribution in [3.8, 4) is 0 Å². The minimum atomic E-state index is 0.125. The second-order valence-electron chi connectivity index (χ2n) is 3.39. The molecule has 0 fully saturated rings. The van der Waals surface area contributed by atoms with Gasteiger partial charge in [0.05, 0.1) is 10.8 Å². The second kappa shape index (κ2) is 5.98. The van der Waals surface area contributed by atoms with Crippen LogP contribution in [0.2, 0.25) is 0 Å². The van der Waals surface area contributed by atoms with Gasteiger partial charge in [0.1, 0.15) is 0 Å². The average molecular weight is 308 g/mol. The molecule has 0 N–H and O–H groups in total. The van der Waals surface area contributed by atoms with Gasteiger partial charge in [-0.15, -0.1) is 0 Å². The van der Waals surface area contributed by atoms with Gasteiger partial charge in [-0.2, -0.15) is 0 Å². The molecule has 0 aliphatic heterocycles. The molecule has 4 heteroatoms. The van der Waals surface area contributed by atoms with Crippen LogP contribution in [0.3, 0.4) is 0 Å². The van der Waals surface area contributed by atoms with Crippen molar-refractivity contribution in [2.75, 3.05) is 5.75 Å². The van der Waals surface area contributed by atoms with E-state index < -0.39 is 0 Å². The largest absolute Gasteiger partial charge is 0.293 e. The van der Waals surface area contributed by atoms with Crippen LogP contribution in [-0.2, 0) is 0 Å². The number of nitrogens with zero attached hydrogens (tertiary/aromatic N) is 1. The molecule has 86 valence electrons. The van der Waals surface area contributed by atoms with E-state index in [2.05, 4.69) is 20.9 Å². The van der Waals surface area contributed by atoms with Crippen LogP contribution in [0.4, 0.5) is 0 Å². The molecule has 0 saturated carbocycles. The standard InChI is InChI=1S/C13H10BrNOS/c14-11-6-7-13(15-8-11)17-9-12(16)10-4-2-1-3-5-10/h1-8H,9H2. The Kier molecular flexibility index (Phi) is 4.34. The first-order chi connectivity index (χ1) is 8.25. The SMILES string of the molecule is O=C(CSc1ccc(Br)cn1)c1ccccc1. The van der Waals surface area contributed by atoms with Gasteiger partial charge >= 0.3 is 0 Å². The summed E-state index contributed by atoms with van der Waals surface area (Å²) in [5.41, 5.74) is 0.747. The summed E-state index contributed by atoms with van der Waals surface area (Å²) in [6, 6.07) is 13.1. The molecule has 0 saturated heterocycles. The zero-order valence-electron chi connectivity index (χ0n) is 8.97. The number of rotatable bonds is 4. The van der Waals surface area contributed by atoms with Crippen molar-refractivity contribution in [3.63, 3.8) is 0 Å². The number of Topliss-reactive ketones (excluding diaryl/α,β-unsaturated/α-hetero) is 1. The summed E-state index contributed by atoms with van der Waals surface area (Å²) in [5.74, 6) is 0.541. The topological polar surface area (TPSA) is 30.0 Å². The van der Waals surface area contributed by atoms with E-state index in [0.717, 1.165) is 15.1 Å². The van der Waals surface area contributed by atoms with Gasteiger partial charge in [0.15, 0.2) is 5.78 Å². The van der Waals surface area contributed by atoms with E-state index in [1.165, 1.54) is 11.8 Å². The maximum Gasteiger partial charge on any atom is 0.173 e. The van der Waals surface area contributed by atoms with E-state index in [4.69, 9.17) is 0 Å². The first-order valence-corrected chi connectivity index (χ1v) is 6.86. The van der Waals surface area contributed by atoms with Gasteiger partial charge in [-0.1, -0.05) is 42.1 Å². The van der Waals surface area contributed by atoms with Gasteiger partial charge in [-0.3, -0.25) is 4.79 Å². The molecule has 0 aliphatic carbocycles. The molecule has 0 atom stereocenters. The molecule has 0 amide bonds. The lowest BCUT2D eigenvalue weighted by Gasteiger charge is -2.01. The molecule has 0 unspecified atom stereocenters. The van der Waals surface area contributed by atoms with Gasteiger partial charge < -0.3 is 0 Å². The second-order valence-corrected chi connectivity index (χ2v) is 5.30. The molecule has 1 aromatic carbocycles. The Balaban J connectivity index is 1.95. The first kappa shape index (κ1) is 12.3. The van der Waals surface area contributed by atoms with Crippen LogP contribution in [0.15, 0.2) is 58.2 Å². The van der Waals surface area contributed by atoms with Gasteiger partial charge in [-0.05, 0) is 28.1 Å². The molecule has 0 radical (unpaired) electrons. The Morgan fingerprint density at radius 3 is 2.59 bits per heavy atom. The Bertz CT molecular complexity index is 499. The Morgan fingerprint density at radius 1 is 1.18 bits per heavy atom. The summed E-state index contributed by atoms with van der Waals surface area (Å²) >= 11 is 4.77. The number of aromatic nitrogens is 1. The van der Waals surface area contributed by atoms with Crippen LogP contribution >= 0.6 is 27.7 Å². The highest BCUT2D eigenvalue weighted by atomic mass is 79.9. The molecule has 1 aromatic heterocycles. The number of benzene rings is 1. The Labute approximate surface area is 113 Å². The van der Waals surface area contributed by atoms with Gasteiger partial charge in [-0.25, -0.2) is 4.98 Å². The van der Waals surface area contributed by atoms with Crippen molar-refractivity contribution in [1.82, 2.24) is 4.98 Å². The lowest BCUT2D eigenvalue weighted by atomic mass is 10.2. The molecule has 2 aromatic rings. The third kappa shape index (κ3) is 3.68. The van der Waals surface area contributed by atoms with Crippen molar-refractivity contribution >= 4 is 33.5 Å². The summed E-state index contributed by atoms with van der Waals surface area (Å²) in [4.78, 5) is 16.0. The quantitative estimate of drug-likeness (QED) is 0.635. The van der Waals surface area contributed by atoms with Crippen molar-refractivity contribution in [3.05, 3.63) is 58.7 Å². The molecule has 17 heavy (non-hydrogen) atoms. The van der Waals surface area contributed by atoms with Gasteiger partial charge in [0.25, 0.3) is 0 Å². The summed E-state index contributed by atoms with van der Waals surface area (Å²) < 4.78 is 0.941. The van der Waals surface area contributed by atoms with Crippen molar-refractivity contribution in [2.45, 2.75) is 5.03 Å². The van der Waals surface area contributed by atoms with E-state index in [1.54, 1.807) is 6.20 Å². The predicted molar refractivity (Wildman–Crippen MR) is 73.4 cm³/mol. The highest BCUT2D eigenvalue weighted by molar-refractivity contribution is 9.10. The number of hydrogen-bond acceptors (Lipinski definition) is 3. The van der Waals surface area contributed by atoms with Crippen LogP contribution in [-0.4, -0.2) is 16.5 Å². The molecule has 2 nitrogen and oxygen atoms in total. The van der Waals surface area contributed by atoms with Crippen molar-refractivity contribution in [2.24, 2.45) is 0 Å². The van der Waals surface area contributed by atoms with Crippen LogP contribution in [0, 0.1) is 0 Å². The summed E-state index contributed by atoms with van der Waals surface area (Å²) in [5, 5.41) is 0.859. The zero-order valence-corrected chi connectivity index (χ0v) is 11.4. The lowest BCUT2D eigenvalue weighted by Crippen LogP contribution is -2.01. The highest BCUT2D eigenvalue weighted by Crippen LogP contribution is 2.18. The van der Waals surface area contributed by atoms with Crippen molar-refractivity contribution in [1.29, 1.82) is 0 Å². The number of halogens is 1. The van der Waals surface area contributed by atoms with E-state index >= 15 is 0 Å². The van der Waals surface area contributed by atoms with Gasteiger partial charge in [0, 0.05) is 16.2 Å². The summed E-state index contributed by atoms with van der Waals surface area (Å²) in [6.07, 6.45) is 1.73. The Morgan fingerprint density at radius 2 is 1.94 bits per heavy atom. The number of hydrogen-bond donors (Lipinski definition) is 0. The molecule has 0 bridgehead atoms. The van der Waals surface area contributed by atoms with Crippen LogP contribution in [0.1, 0.15) is 10.4 Å². The number of carbonyl (C=O) groups is 1. The minimum absolute atomic E-state index is 0.125. The number of ketones is 1. The molecule has 0 spiro atoms. The monoisotopic (exact) mass is 307 g/mol. The Hall–Kier alpha value is -1.13. The van der Waals surface area contributed by atoms with Crippen molar-refractivity contribution < 1.29 is 4.79 Å². The van der Waals surface area contributed by atoms with E-state index in [1.807, 2.05) is 42.5 Å². The third-order valence-corrected chi connectivity index (χ3v) is 3.56. The lowest BCUT2D eigenvalue weighted by molar-refractivity contribution is 0.102. The first-order valence-electron chi connectivity index (χ1n) is 5.08. The van der Waals surface area contributed by atoms with E-state index in [9.17, 15) is 4.79 Å². The molecule has 0 aliphatic rings. The fourth-order valence-electron chi connectivity index (χ4n) is 1.29. The van der Waals surface area contributed by atoms with E-state index in [-0.39, 0.29) is 5.78 Å². The average Bonchev–Trinajstić information content (AvgIpc) is 2.39. The normalized spacial score (nSPS) is 10.2. The number of carbonyl (C=O) groups excluding carboxylic acids is 1. The maximum atomic E-state index is 11.8. The van der Waals surface area contributed by atoms with Gasteiger partial charge in [0.2, 0.25) is 0 Å². The molecular formula is C13H10BrNOS. The third-order valence-electron chi connectivity index (χ3n) is 2.15. The summed E-state index contributed by atoms with van der Waals surface area (Å²) in [7, 11) is 0. The zero-order chi connectivity index (χ0) is 12.1. The number of pyridine rings is 1. The molecule has 1 heterocycles. The minimum Gasteiger partial charge on any atom is -0.293 e. The fraction of sp³-hybridized carbons (Fsp3) is 0.0769. The molecule has 2 rings (SSSR count). The summed E-state index contributed by atoms with van der Waals surface area (Å²) in [6.45, 7) is 0. The fourth-order valence-corrected chi connectivity index (χ4v) is 2.27. The molecular weight excluding hydrogens is 298 g/mol. The highest BCUT2D eigenvalue weighted by Gasteiger charge is 2.06. The maximum absolute atomic E-state index is 11.8. The van der Waals surface area contributed by atoms with Crippen LogP contribution in [0.25, 0.3) is 0 Å². The predicted octanol–water partition coefficient (Wildman–Crippen LogP) is 3.82. The number of thioether (sulfide) groups is 1. The smallest absolute Gasteiger partial charge is 0.173 e. The van der Waals surface area contributed by atoms with Crippen LogP contribution < -0.4 is 0 Å². The van der Waals surface area contributed by atoms with E-state index in [0.29, 0.717) is 5.75 Å². The van der Waals surface area contributed by atoms with Crippen LogP contribution in [0.5, 0.6) is 0 Å².